The molecule has 2 atom stereocenters. The minimum absolute atomic E-state index is 0.187. The fourth-order valence-electron chi connectivity index (χ4n) is 7.68. The summed E-state index contributed by atoms with van der Waals surface area (Å²) in [6.07, 6.45) is 6.73. The highest BCUT2D eigenvalue weighted by atomic mass is 32.2. The Morgan fingerprint density at radius 2 is 1.47 bits per heavy atom. The summed E-state index contributed by atoms with van der Waals surface area (Å²) in [7, 11) is -3.87. The van der Waals surface area contributed by atoms with Crippen LogP contribution in [0, 0.1) is 16.7 Å². The number of nitrogens with zero attached hydrogens (tertiary/aromatic N) is 1. The minimum Gasteiger partial charge on any atom is -0.349 e. The summed E-state index contributed by atoms with van der Waals surface area (Å²) in [5.74, 6) is 0.433. The van der Waals surface area contributed by atoms with Crippen molar-refractivity contribution in [2.45, 2.75) is 62.8 Å². The first-order valence-electron chi connectivity index (χ1n) is 11.5. The molecule has 4 aliphatic rings. The van der Waals surface area contributed by atoms with Crippen molar-refractivity contribution in [3.63, 3.8) is 0 Å². The molecule has 6 rings (SSSR count). The molecule has 2 aromatic rings. The van der Waals surface area contributed by atoms with E-state index >= 15 is 0 Å². The topological polar surface area (TPSA) is 66.5 Å². The van der Waals surface area contributed by atoms with Gasteiger partial charge in [-0.3, -0.25) is 9.10 Å². The van der Waals surface area contributed by atoms with Crippen LogP contribution in [-0.2, 0) is 14.8 Å². The van der Waals surface area contributed by atoms with Gasteiger partial charge < -0.3 is 5.32 Å². The first-order chi connectivity index (χ1) is 15.1. The molecule has 0 spiro atoms. The quantitative estimate of drug-likeness (QED) is 0.688. The van der Waals surface area contributed by atoms with Gasteiger partial charge in [-0.25, -0.2) is 8.42 Å². The highest BCUT2D eigenvalue weighted by molar-refractivity contribution is 7.92. The highest BCUT2D eigenvalue weighted by Gasteiger charge is 2.60. The Balaban J connectivity index is 1.42. The van der Waals surface area contributed by atoms with Crippen molar-refractivity contribution in [2.75, 3.05) is 10.8 Å². The average Bonchev–Trinajstić information content (AvgIpc) is 2.70. The SMILES string of the molecule is CC12CC3CC(C)(C1)CC(NC(=O)CN(c1ccccc1)S(=O)(=O)c1ccccc1)(C3)C2. The summed E-state index contributed by atoms with van der Waals surface area (Å²) < 4.78 is 28.2. The molecule has 4 aliphatic carbocycles. The van der Waals surface area contributed by atoms with Gasteiger partial charge in [-0.05, 0) is 79.5 Å². The number of sulfonamides is 1. The van der Waals surface area contributed by atoms with E-state index in [9.17, 15) is 13.2 Å². The lowest BCUT2D eigenvalue weighted by Gasteiger charge is -2.65. The van der Waals surface area contributed by atoms with Gasteiger partial charge in [0, 0.05) is 5.54 Å². The normalized spacial score (nSPS) is 33.1. The molecule has 170 valence electrons. The first-order valence-corrected chi connectivity index (χ1v) is 13.0. The largest absolute Gasteiger partial charge is 0.349 e. The van der Waals surface area contributed by atoms with E-state index in [1.807, 2.05) is 6.07 Å². The van der Waals surface area contributed by atoms with E-state index in [1.165, 1.54) is 23.6 Å². The van der Waals surface area contributed by atoms with Gasteiger partial charge in [0.1, 0.15) is 6.54 Å². The molecule has 32 heavy (non-hydrogen) atoms. The monoisotopic (exact) mass is 452 g/mol. The van der Waals surface area contributed by atoms with Crippen LogP contribution in [0.15, 0.2) is 65.6 Å². The predicted molar refractivity (Wildman–Crippen MR) is 126 cm³/mol. The molecule has 2 aromatic carbocycles. The number of rotatable bonds is 6. The highest BCUT2D eigenvalue weighted by Crippen LogP contribution is 2.66. The third-order valence-corrected chi connectivity index (χ3v) is 9.48. The van der Waals surface area contributed by atoms with E-state index in [2.05, 4.69) is 19.2 Å². The van der Waals surface area contributed by atoms with E-state index in [4.69, 9.17) is 0 Å². The van der Waals surface area contributed by atoms with Crippen LogP contribution >= 0.6 is 0 Å². The summed E-state index contributed by atoms with van der Waals surface area (Å²) in [6.45, 7) is 4.51. The standard InChI is InChI=1S/C26H32N2O3S/c1-24-13-20-14-25(2,17-24)19-26(15-20,18-24)27-23(29)16-28(21-9-5-3-6-10-21)32(30,31)22-11-7-4-8-12-22/h3-12,20H,13-19H2,1-2H3,(H,27,29). The number of hydrogen-bond acceptors (Lipinski definition) is 3. The zero-order valence-electron chi connectivity index (χ0n) is 18.9. The molecule has 5 nitrogen and oxygen atoms in total. The molecule has 4 bridgehead atoms. The van der Waals surface area contributed by atoms with Crippen molar-refractivity contribution < 1.29 is 13.2 Å². The number of anilines is 1. The maximum absolute atomic E-state index is 13.5. The zero-order valence-corrected chi connectivity index (χ0v) is 19.7. The van der Waals surface area contributed by atoms with E-state index < -0.39 is 10.0 Å². The molecule has 4 fully saturated rings. The van der Waals surface area contributed by atoms with Gasteiger partial charge in [0.15, 0.2) is 0 Å². The molecule has 0 aliphatic heterocycles. The predicted octanol–water partition coefficient (Wildman–Crippen LogP) is 4.75. The molecule has 0 aromatic heterocycles. The number of hydrogen-bond donors (Lipinski definition) is 1. The van der Waals surface area contributed by atoms with Crippen LogP contribution in [0.3, 0.4) is 0 Å². The van der Waals surface area contributed by atoms with Crippen LogP contribution in [0.4, 0.5) is 5.69 Å². The average molecular weight is 453 g/mol. The maximum Gasteiger partial charge on any atom is 0.264 e. The van der Waals surface area contributed by atoms with Gasteiger partial charge in [0.2, 0.25) is 5.91 Å². The second kappa shape index (κ2) is 7.34. The number of benzene rings is 2. The van der Waals surface area contributed by atoms with Crippen LogP contribution in [0.1, 0.15) is 52.4 Å². The molecule has 0 radical (unpaired) electrons. The van der Waals surface area contributed by atoms with Gasteiger partial charge in [0.25, 0.3) is 10.0 Å². The molecule has 0 saturated heterocycles. The number of para-hydroxylation sites is 1. The van der Waals surface area contributed by atoms with E-state index in [0.717, 1.165) is 19.3 Å². The summed E-state index contributed by atoms with van der Waals surface area (Å²) in [6, 6.07) is 17.2. The van der Waals surface area contributed by atoms with E-state index in [0.29, 0.717) is 11.6 Å². The Hall–Kier alpha value is -2.34. The van der Waals surface area contributed by atoms with Crippen molar-refractivity contribution in [3.05, 3.63) is 60.7 Å². The fourth-order valence-corrected chi connectivity index (χ4v) is 9.12. The molecule has 6 heteroatoms. The number of carbonyl (C=O) groups is 1. The molecule has 4 saturated carbocycles. The summed E-state index contributed by atoms with van der Waals surface area (Å²) >= 11 is 0. The number of amides is 1. The number of nitrogens with one attached hydrogen (secondary N) is 1. The lowest BCUT2D eigenvalue weighted by atomic mass is 9.43. The second-order valence-electron chi connectivity index (χ2n) is 11.1. The Kier molecular flexibility index (Phi) is 4.93. The van der Waals surface area contributed by atoms with Gasteiger partial charge in [-0.1, -0.05) is 50.2 Å². The lowest BCUT2D eigenvalue weighted by molar-refractivity contribution is -0.138. The number of carbonyl (C=O) groups excluding carboxylic acids is 1. The molecular weight excluding hydrogens is 420 g/mol. The Bertz CT molecular complexity index is 1100. The van der Waals surface area contributed by atoms with Crippen LogP contribution in [-0.4, -0.2) is 26.4 Å². The fraction of sp³-hybridized carbons (Fsp3) is 0.500. The Morgan fingerprint density at radius 1 is 0.906 bits per heavy atom. The molecule has 2 unspecified atom stereocenters. The molecule has 0 heterocycles. The third kappa shape index (κ3) is 3.83. The van der Waals surface area contributed by atoms with Crippen molar-refractivity contribution in [3.8, 4) is 0 Å². The first kappa shape index (κ1) is 21.5. The van der Waals surface area contributed by atoms with Crippen LogP contribution in [0.5, 0.6) is 0 Å². The second-order valence-corrected chi connectivity index (χ2v) is 13.0. The van der Waals surface area contributed by atoms with Crippen molar-refractivity contribution in [1.82, 2.24) is 5.32 Å². The smallest absolute Gasteiger partial charge is 0.264 e. The van der Waals surface area contributed by atoms with Crippen LogP contribution < -0.4 is 9.62 Å². The zero-order chi connectivity index (χ0) is 22.6. The van der Waals surface area contributed by atoms with Gasteiger partial charge in [-0.15, -0.1) is 0 Å². The third-order valence-electron chi connectivity index (χ3n) is 7.69. The van der Waals surface area contributed by atoms with Gasteiger partial charge in [-0.2, -0.15) is 0 Å². The van der Waals surface area contributed by atoms with Gasteiger partial charge >= 0.3 is 0 Å². The summed E-state index contributed by atoms with van der Waals surface area (Å²) in [4.78, 5) is 13.6. The molecule has 1 amide bonds. The lowest BCUT2D eigenvalue weighted by Crippen LogP contribution is -2.65. The van der Waals surface area contributed by atoms with E-state index in [-0.39, 0.29) is 33.7 Å². The van der Waals surface area contributed by atoms with Crippen LogP contribution in [0.25, 0.3) is 0 Å². The van der Waals surface area contributed by atoms with Crippen molar-refractivity contribution in [2.24, 2.45) is 16.7 Å². The van der Waals surface area contributed by atoms with Crippen LogP contribution in [0.2, 0.25) is 0 Å². The molecule has 1 N–H and O–H groups in total. The summed E-state index contributed by atoms with van der Waals surface area (Å²) in [5, 5.41) is 3.35. The maximum atomic E-state index is 13.5. The van der Waals surface area contributed by atoms with Crippen molar-refractivity contribution in [1.29, 1.82) is 0 Å². The minimum atomic E-state index is -3.87. The van der Waals surface area contributed by atoms with Crippen molar-refractivity contribution >= 4 is 21.6 Å². The molecular formula is C26H32N2O3S. The van der Waals surface area contributed by atoms with E-state index in [1.54, 1.807) is 54.6 Å². The van der Waals surface area contributed by atoms with Gasteiger partial charge in [0.05, 0.1) is 10.6 Å². The Labute approximate surface area is 191 Å². The summed E-state index contributed by atoms with van der Waals surface area (Å²) in [5.41, 5.74) is 0.836. The Morgan fingerprint density at radius 3 is 2.03 bits per heavy atom.